The summed E-state index contributed by atoms with van der Waals surface area (Å²) < 4.78 is 3.21. The molecule has 0 aliphatic heterocycles. The van der Waals surface area contributed by atoms with Gasteiger partial charge in [0, 0.05) is 34.4 Å². The molecular weight excluding hydrogens is 298 g/mol. The van der Waals surface area contributed by atoms with Gasteiger partial charge in [0.2, 0.25) is 0 Å². The molecule has 0 radical (unpaired) electrons. The zero-order valence-electron chi connectivity index (χ0n) is 10.0. The fraction of sp³-hybridized carbons (Fsp3) is 0.417. The Kier molecular flexibility index (Phi) is 4.36. The van der Waals surface area contributed by atoms with Crippen LogP contribution in [-0.4, -0.2) is 9.78 Å². The molecule has 0 aliphatic carbocycles. The maximum absolute atomic E-state index is 4.43. The molecule has 3 nitrogen and oxygen atoms in total. The van der Waals surface area contributed by atoms with Crippen molar-refractivity contribution in [2.24, 2.45) is 0 Å². The van der Waals surface area contributed by atoms with Gasteiger partial charge in [0.15, 0.2) is 0 Å². The number of thiophene rings is 1. The van der Waals surface area contributed by atoms with Gasteiger partial charge in [-0.15, -0.1) is 11.3 Å². The Morgan fingerprint density at radius 2 is 2.24 bits per heavy atom. The molecule has 2 heterocycles. The molecular formula is C12H16BrN3S. The maximum atomic E-state index is 4.43. The van der Waals surface area contributed by atoms with E-state index in [2.05, 4.69) is 50.8 Å². The van der Waals surface area contributed by atoms with Gasteiger partial charge in [-0.25, -0.2) is 0 Å². The maximum Gasteiger partial charge on any atom is 0.0597 e. The third kappa shape index (κ3) is 3.40. The van der Waals surface area contributed by atoms with Crippen LogP contribution in [0.15, 0.2) is 22.0 Å². The van der Waals surface area contributed by atoms with E-state index in [4.69, 9.17) is 0 Å². The van der Waals surface area contributed by atoms with Crippen molar-refractivity contribution in [3.63, 3.8) is 0 Å². The van der Waals surface area contributed by atoms with Crippen molar-refractivity contribution in [1.29, 1.82) is 0 Å². The number of nitrogens with zero attached hydrogens (tertiary/aromatic N) is 2. The minimum atomic E-state index is 0.865. The Labute approximate surface area is 114 Å². The predicted molar refractivity (Wildman–Crippen MR) is 75.2 cm³/mol. The van der Waals surface area contributed by atoms with Crippen LogP contribution >= 0.6 is 27.3 Å². The number of hydrogen-bond donors (Lipinski definition) is 1. The molecule has 0 bridgehead atoms. The first-order valence-electron chi connectivity index (χ1n) is 5.66. The first-order valence-corrected chi connectivity index (χ1v) is 7.33. The second-order valence-corrected chi connectivity index (χ2v) is 5.84. The van der Waals surface area contributed by atoms with Gasteiger partial charge in [-0.05, 0) is 41.9 Å². The quantitative estimate of drug-likeness (QED) is 0.917. The van der Waals surface area contributed by atoms with Crippen molar-refractivity contribution in [2.45, 2.75) is 33.5 Å². The molecule has 0 aliphatic rings. The van der Waals surface area contributed by atoms with Gasteiger partial charge in [-0.2, -0.15) is 5.10 Å². The van der Waals surface area contributed by atoms with Crippen molar-refractivity contribution in [3.8, 4) is 0 Å². The first kappa shape index (κ1) is 12.8. The number of rotatable bonds is 5. The van der Waals surface area contributed by atoms with E-state index in [1.807, 2.05) is 11.6 Å². The summed E-state index contributed by atoms with van der Waals surface area (Å²) in [6.45, 7) is 6.85. The second kappa shape index (κ2) is 5.80. The van der Waals surface area contributed by atoms with E-state index in [1.165, 1.54) is 10.6 Å². The lowest BCUT2D eigenvalue weighted by Gasteiger charge is -2.05. The fourth-order valence-corrected chi connectivity index (χ4v) is 3.20. The van der Waals surface area contributed by atoms with Crippen molar-refractivity contribution >= 4 is 27.3 Å². The number of hydrogen-bond acceptors (Lipinski definition) is 3. The predicted octanol–water partition coefficient (Wildman–Crippen LogP) is 3.33. The van der Waals surface area contributed by atoms with E-state index < -0.39 is 0 Å². The summed E-state index contributed by atoms with van der Waals surface area (Å²) in [5.74, 6) is 0. The van der Waals surface area contributed by atoms with Crippen LogP contribution in [0.5, 0.6) is 0 Å². The van der Waals surface area contributed by atoms with Gasteiger partial charge < -0.3 is 5.32 Å². The summed E-state index contributed by atoms with van der Waals surface area (Å²) >= 11 is 5.23. The molecule has 2 rings (SSSR count). The lowest BCUT2D eigenvalue weighted by molar-refractivity contribution is 0.581. The Hall–Kier alpha value is -0.650. The molecule has 92 valence electrons. The molecule has 0 aromatic carbocycles. The Morgan fingerprint density at radius 1 is 1.41 bits per heavy atom. The van der Waals surface area contributed by atoms with Crippen LogP contribution in [0.3, 0.4) is 0 Å². The first-order chi connectivity index (χ1) is 8.19. The highest BCUT2D eigenvalue weighted by Gasteiger charge is 2.03. The number of aryl methyl sites for hydroxylation is 2. The standard InChI is InChI=1S/C12H16BrN3S/c1-3-16-11(4-9(2)15-16)6-14-7-12-5-10(13)8-17-12/h4-5,8,14H,3,6-7H2,1-2H3. The summed E-state index contributed by atoms with van der Waals surface area (Å²) in [5.41, 5.74) is 2.34. The Balaban J connectivity index is 1.89. The molecule has 17 heavy (non-hydrogen) atoms. The molecule has 0 spiro atoms. The summed E-state index contributed by atoms with van der Waals surface area (Å²) in [7, 11) is 0. The van der Waals surface area contributed by atoms with Gasteiger partial charge >= 0.3 is 0 Å². The van der Waals surface area contributed by atoms with Gasteiger partial charge in [0.25, 0.3) is 0 Å². The molecule has 0 saturated heterocycles. The highest BCUT2D eigenvalue weighted by molar-refractivity contribution is 9.10. The third-order valence-corrected chi connectivity index (χ3v) is 4.21. The lowest BCUT2D eigenvalue weighted by Crippen LogP contribution is -2.15. The summed E-state index contributed by atoms with van der Waals surface area (Å²) in [5, 5.41) is 9.99. The highest BCUT2D eigenvalue weighted by Crippen LogP contribution is 2.19. The monoisotopic (exact) mass is 313 g/mol. The fourth-order valence-electron chi connectivity index (χ4n) is 1.78. The van der Waals surface area contributed by atoms with Crippen LogP contribution in [0.2, 0.25) is 0 Å². The van der Waals surface area contributed by atoms with Crippen LogP contribution in [0.1, 0.15) is 23.2 Å². The average Bonchev–Trinajstić information content (AvgIpc) is 2.85. The van der Waals surface area contributed by atoms with Crippen LogP contribution < -0.4 is 5.32 Å². The van der Waals surface area contributed by atoms with E-state index in [-0.39, 0.29) is 0 Å². The van der Waals surface area contributed by atoms with Gasteiger partial charge in [0.1, 0.15) is 0 Å². The van der Waals surface area contributed by atoms with Crippen molar-refractivity contribution in [1.82, 2.24) is 15.1 Å². The molecule has 0 amide bonds. The van der Waals surface area contributed by atoms with E-state index in [9.17, 15) is 0 Å². The molecule has 0 fully saturated rings. The molecule has 2 aromatic heterocycles. The third-order valence-electron chi connectivity index (χ3n) is 2.51. The van der Waals surface area contributed by atoms with E-state index in [0.29, 0.717) is 0 Å². The normalized spacial score (nSPS) is 11.0. The average molecular weight is 314 g/mol. The Morgan fingerprint density at radius 3 is 2.88 bits per heavy atom. The largest absolute Gasteiger partial charge is 0.306 e. The van der Waals surface area contributed by atoms with E-state index >= 15 is 0 Å². The number of nitrogens with one attached hydrogen (secondary N) is 1. The van der Waals surface area contributed by atoms with Crippen LogP contribution in [-0.2, 0) is 19.6 Å². The van der Waals surface area contributed by atoms with Crippen LogP contribution in [0, 0.1) is 6.92 Å². The van der Waals surface area contributed by atoms with Gasteiger partial charge in [0.05, 0.1) is 11.4 Å². The number of aromatic nitrogens is 2. The summed E-state index contributed by atoms with van der Waals surface area (Å²) in [6, 6.07) is 4.29. The second-order valence-electron chi connectivity index (χ2n) is 3.93. The van der Waals surface area contributed by atoms with Crippen molar-refractivity contribution in [2.75, 3.05) is 0 Å². The lowest BCUT2D eigenvalue weighted by atomic mass is 10.3. The molecule has 0 unspecified atom stereocenters. The van der Waals surface area contributed by atoms with Crippen LogP contribution in [0.4, 0.5) is 0 Å². The molecule has 2 aromatic rings. The Bertz CT molecular complexity index is 490. The SMILES string of the molecule is CCn1nc(C)cc1CNCc1cc(Br)cs1. The van der Waals surface area contributed by atoms with E-state index in [1.54, 1.807) is 11.3 Å². The summed E-state index contributed by atoms with van der Waals surface area (Å²) in [6.07, 6.45) is 0. The zero-order chi connectivity index (χ0) is 12.3. The minimum absolute atomic E-state index is 0.865. The topological polar surface area (TPSA) is 29.9 Å². The zero-order valence-corrected chi connectivity index (χ0v) is 12.4. The van der Waals surface area contributed by atoms with Crippen LogP contribution in [0.25, 0.3) is 0 Å². The van der Waals surface area contributed by atoms with Crippen molar-refractivity contribution < 1.29 is 0 Å². The number of halogens is 1. The highest BCUT2D eigenvalue weighted by atomic mass is 79.9. The molecule has 5 heteroatoms. The molecule has 0 atom stereocenters. The summed E-state index contributed by atoms with van der Waals surface area (Å²) in [4.78, 5) is 1.34. The van der Waals surface area contributed by atoms with Gasteiger partial charge in [-0.1, -0.05) is 0 Å². The molecule has 0 saturated carbocycles. The molecule has 1 N–H and O–H groups in total. The minimum Gasteiger partial charge on any atom is -0.306 e. The smallest absolute Gasteiger partial charge is 0.0597 e. The van der Waals surface area contributed by atoms with E-state index in [0.717, 1.165) is 29.8 Å². The van der Waals surface area contributed by atoms with Gasteiger partial charge in [-0.3, -0.25) is 4.68 Å². The van der Waals surface area contributed by atoms with Crippen molar-refractivity contribution in [3.05, 3.63) is 38.3 Å².